The van der Waals surface area contributed by atoms with Gasteiger partial charge in [0.2, 0.25) is 10.0 Å². The van der Waals surface area contributed by atoms with Crippen LogP contribution in [0.5, 0.6) is 0 Å². The first-order valence-corrected chi connectivity index (χ1v) is 7.32. The highest BCUT2D eigenvalue weighted by Gasteiger charge is 2.27. The Bertz CT molecular complexity index is 563. The fourth-order valence-corrected chi connectivity index (χ4v) is 3.15. The van der Waals surface area contributed by atoms with Crippen molar-refractivity contribution in [1.29, 1.82) is 0 Å². The number of benzene rings is 1. The van der Waals surface area contributed by atoms with Crippen LogP contribution in [-0.4, -0.2) is 26.4 Å². The number of sulfonamides is 1. The number of nitrogens with one attached hydrogen (secondary N) is 1. The summed E-state index contributed by atoms with van der Waals surface area (Å²) in [5.74, 6) is 0. The molecule has 1 aromatic rings. The molecule has 0 atom stereocenters. The average molecular weight is 324 g/mol. The molecule has 20 heavy (non-hydrogen) atoms. The van der Waals surface area contributed by atoms with Gasteiger partial charge >= 0.3 is 0 Å². The Kier molecular flexibility index (Phi) is 7.66. The van der Waals surface area contributed by atoms with Crippen molar-refractivity contribution >= 4 is 28.1 Å². The molecule has 1 rings (SSSR count). The van der Waals surface area contributed by atoms with Crippen LogP contribution in [0.15, 0.2) is 23.1 Å². The van der Waals surface area contributed by atoms with Crippen LogP contribution in [0.1, 0.15) is 18.4 Å². The lowest BCUT2D eigenvalue weighted by Gasteiger charge is -2.09. The molecule has 0 aliphatic carbocycles. The van der Waals surface area contributed by atoms with Crippen molar-refractivity contribution in [1.82, 2.24) is 4.72 Å². The molecule has 3 N–H and O–H groups in total. The first-order chi connectivity index (χ1) is 8.90. The normalized spacial score (nSPS) is 10.9. The van der Waals surface area contributed by atoms with Gasteiger partial charge in [0, 0.05) is 12.6 Å². The summed E-state index contributed by atoms with van der Waals surface area (Å²) < 4.78 is 26.5. The lowest BCUT2D eigenvalue weighted by atomic mass is 10.2. The van der Waals surface area contributed by atoms with Gasteiger partial charge < -0.3 is 5.73 Å². The molecule has 1 aromatic carbocycles. The van der Waals surface area contributed by atoms with Crippen molar-refractivity contribution in [3.63, 3.8) is 0 Å². The summed E-state index contributed by atoms with van der Waals surface area (Å²) in [5.41, 5.74) is 5.25. The largest absolute Gasteiger partial charge is 0.330 e. The molecule has 0 fully saturated rings. The van der Waals surface area contributed by atoms with Gasteiger partial charge in [0.15, 0.2) is 4.90 Å². The third-order valence-electron chi connectivity index (χ3n) is 2.58. The highest BCUT2D eigenvalue weighted by molar-refractivity contribution is 7.89. The zero-order chi connectivity index (χ0) is 14.5. The molecule has 0 unspecified atom stereocenters. The van der Waals surface area contributed by atoms with E-state index >= 15 is 0 Å². The Labute approximate surface area is 124 Å². The number of nitrogens with two attached hydrogens (primary N) is 1. The highest BCUT2D eigenvalue weighted by Crippen LogP contribution is 2.26. The molecule has 0 saturated carbocycles. The van der Waals surface area contributed by atoms with Crippen LogP contribution in [0, 0.1) is 17.0 Å². The molecular weight excluding hydrogens is 306 g/mol. The summed E-state index contributed by atoms with van der Waals surface area (Å²) in [6.07, 6.45) is 1.29. The predicted molar refractivity (Wildman–Crippen MR) is 78.6 cm³/mol. The van der Waals surface area contributed by atoms with Crippen LogP contribution in [0.3, 0.4) is 0 Å². The van der Waals surface area contributed by atoms with Crippen LogP contribution in [0.4, 0.5) is 5.69 Å². The number of hydrogen-bond donors (Lipinski definition) is 2. The van der Waals surface area contributed by atoms with E-state index in [0.29, 0.717) is 24.9 Å². The topological polar surface area (TPSA) is 115 Å². The van der Waals surface area contributed by atoms with Crippen molar-refractivity contribution in [3.8, 4) is 0 Å². The van der Waals surface area contributed by atoms with Crippen LogP contribution in [0.25, 0.3) is 0 Å². The molecule has 0 aliphatic rings. The van der Waals surface area contributed by atoms with E-state index in [1.165, 1.54) is 25.1 Å². The van der Waals surface area contributed by atoms with Gasteiger partial charge in [-0.25, -0.2) is 13.1 Å². The molecule has 0 spiro atoms. The maximum Gasteiger partial charge on any atom is 0.289 e. The van der Waals surface area contributed by atoms with Crippen LogP contribution in [0.2, 0.25) is 0 Å². The van der Waals surface area contributed by atoms with Crippen molar-refractivity contribution in [3.05, 3.63) is 33.9 Å². The van der Waals surface area contributed by atoms with E-state index < -0.39 is 20.6 Å². The number of rotatable bonds is 7. The lowest BCUT2D eigenvalue weighted by Crippen LogP contribution is -2.26. The maximum atomic E-state index is 12.1. The van der Waals surface area contributed by atoms with E-state index in [9.17, 15) is 18.5 Å². The number of hydrogen-bond acceptors (Lipinski definition) is 5. The first-order valence-electron chi connectivity index (χ1n) is 5.84. The Balaban J connectivity index is 0.00000361. The standard InChI is InChI=1S/C11H17N3O4S.ClH/c1-9-5-4-6-10(14(15)16)11(9)19(17,18)13-8-3-2-7-12;/h4-6,13H,2-3,7-8,12H2,1H3;1H. The fraction of sp³-hybridized carbons (Fsp3) is 0.455. The molecule has 0 radical (unpaired) electrons. The van der Waals surface area contributed by atoms with Crippen LogP contribution >= 0.6 is 12.4 Å². The van der Waals surface area contributed by atoms with E-state index in [4.69, 9.17) is 5.73 Å². The molecular formula is C11H18ClN3O4S. The minimum Gasteiger partial charge on any atom is -0.330 e. The molecule has 7 nitrogen and oxygen atoms in total. The maximum absolute atomic E-state index is 12.1. The number of nitro benzene ring substituents is 1. The molecule has 9 heteroatoms. The number of unbranched alkanes of at least 4 members (excludes halogenated alkanes) is 1. The summed E-state index contributed by atoms with van der Waals surface area (Å²) in [6, 6.07) is 4.17. The third kappa shape index (κ3) is 4.71. The number of halogens is 1. The second-order valence-corrected chi connectivity index (χ2v) is 5.78. The molecule has 114 valence electrons. The first kappa shape index (κ1) is 18.8. The summed E-state index contributed by atoms with van der Waals surface area (Å²) in [6.45, 7) is 2.22. The third-order valence-corrected chi connectivity index (χ3v) is 4.23. The van der Waals surface area contributed by atoms with Crippen LogP contribution < -0.4 is 10.5 Å². The number of aryl methyl sites for hydroxylation is 1. The van der Waals surface area contributed by atoms with Gasteiger partial charge in [0.05, 0.1) is 4.92 Å². The van der Waals surface area contributed by atoms with Gasteiger partial charge in [0.1, 0.15) is 0 Å². The number of nitro groups is 1. The summed E-state index contributed by atoms with van der Waals surface area (Å²) in [5, 5.41) is 10.9. The molecule has 0 amide bonds. The lowest BCUT2D eigenvalue weighted by molar-refractivity contribution is -0.387. The van der Waals surface area contributed by atoms with Gasteiger partial charge in [-0.3, -0.25) is 10.1 Å². The fourth-order valence-electron chi connectivity index (χ4n) is 1.68. The molecule has 0 aliphatic heterocycles. The minimum atomic E-state index is -3.88. The quantitative estimate of drug-likeness (QED) is 0.446. The van der Waals surface area contributed by atoms with Gasteiger partial charge in [-0.2, -0.15) is 0 Å². The second-order valence-electron chi connectivity index (χ2n) is 4.07. The predicted octanol–water partition coefficient (Wildman–Crippen LogP) is 1.34. The van der Waals surface area contributed by atoms with Crippen molar-refractivity contribution < 1.29 is 13.3 Å². The zero-order valence-electron chi connectivity index (χ0n) is 11.0. The monoisotopic (exact) mass is 323 g/mol. The van der Waals surface area contributed by atoms with Crippen molar-refractivity contribution in [2.45, 2.75) is 24.7 Å². The van der Waals surface area contributed by atoms with E-state index in [1.54, 1.807) is 0 Å². The average Bonchev–Trinajstić information content (AvgIpc) is 2.34. The zero-order valence-corrected chi connectivity index (χ0v) is 12.7. The summed E-state index contributed by atoms with van der Waals surface area (Å²) in [7, 11) is -3.88. The van der Waals surface area contributed by atoms with Crippen LogP contribution in [-0.2, 0) is 10.0 Å². The van der Waals surface area contributed by atoms with E-state index in [2.05, 4.69) is 4.72 Å². The Morgan fingerprint density at radius 1 is 1.35 bits per heavy atom. The van der Waals surface area contributed by atoms with Gasteiger partial charge in [-0.15, -0.1) is 12.4 Å². The summed E-state index contributed by atoms with van der Waals surface area (Å²) in [4.78, 5) is 9.93. The van der Waals surface area contributed by atoms with E-state index in [1.807, 2.05) is 0 Å². The Hall–Kier alpha value is -1.22. The Morgan fingerprint density at radius 3 is 2.55 bits per heavy atom. The van der Waals surface area contributed by atoms with E-state index in [0.717, 1.165) is 0 Å². The number of nitrogens with zero attached hydrogens (tertiary/aromatic N) is 1. The van der Waals surface area contributed by atoms with Crippen molar-refractivity contribution in [2.75, 3.05) is 13.1 Å². The molecule has 0 aromatic heterocycles. The molecule has 0 bridgehead atoms. The van der Waals surface area contributed by atoms with E-state index in [-0.39, 0.29) is 23.8 Å². The van der Waals surface area contributed by atoms with Gasteiger partial charge in [-0.05, 0) is 31.9 Å². The van der Waals surface area contributed by atoms with Crippen molar-refractivity contribution in [2.24, 2.45) is 5.73 Å². The highest BCUT2D eigenvalue weighted by atomic mass is 35.5. The smallest absolute Gasteiger partial charge is 0.289 e. The second kappa shape index (κ2) is 8.15. The molecule has 0 heterocycles. The SMILES string of the molecule is Cc1cccc([N+](=O)[O-])c1S(=O)(=O)NCCCCN.Cl. The Morgan fingerprint density at radius 2 is 2.00 bits per heavy atom. The minimum absolute atomic E-state index is 0. The van der Waals surface area contributed by atoms with Gasteiger partial charge in [-0.1, -0.05) is 12.1 Å². The summed E-state index contributed by atoms with van der Waals surface area (Å²) >= 11 is 0. The van der Waals surface area contributed by atoms with Gasteiger partial charge in [0.25, 0.3) is 5.69 Å². The molecule has 0 saturated heterocycles.